The molecule has 0 aliphatic rings. The van der Waals surface area contributed by atoms with Crippen LogP contribution < -0.4 is 5.32 Å². The molecule has 1 unspecified atom stereocenters. The predicted molar refractivity (Wildman–Crippen MR) is 60.0 cm³/mol. The second kappa shape index (κ2) is 4.72. The quantitative estimate of drug-likeness (QED) is 0.807. The van der Waals surface area contributed by atoms with E-state index in [1.807, 2.05) is 26.2 Å². The summed E-state index contributed by atoms with van der Waals surface area (Å²) in [5.41, 5.74) is -0.396. The van der Waals surface area contributed by atoms with Crippen LogP contribution in [0.5, 0.6) is 0 Å². The highest BCUT2D eigenvalue weighted by molar-refractivity contribution is 7.09. The summed E-state index contributed by atoms with van der Waals surface area (Å²) in [6.07, 6.45) is 2.29. The number of thiazole rings is 1. The standard InChI is InChI=1S/C10H16N2O2S/c1-4-7(8(13)14)12-10(2,3)9-11-5-6-15-9/h5-7,12H,4H2,1-3H3,(H,13,14). The maximum Gasteiger partial charge on any atom is 0.320 e. The van der Waals surface area contributed by atoms with E-state index in [0.29, 0.717) is 6.42 Å². The fourth-order valence-corrected chi connectivity index (χ4v) is 2.09. The van der Waals surface area contributed by atoms with Crippen molar-refractivity contribution in [1.29, 1.82) is 0 Å². The van der Waals surface area contributed by atoms with Crippen molar-refractivity contribution in [3.63, 3.8) is 0 Å². The molecule has 0 fully saturated rings. The van der Waals surface area contributed by atoms with Gasteiger partial charge in [0.25, 0.3) is 0 Å². The molecule has 4 nitrogen and oxygen atoms in total. The van der Waals surface area contributed by atoms with Crippen molar-refractivity contribution in [2.24, 2.45) is 0 Å². The summed E-state index contributed by atoms with van der Waals surface area (Å²) in [6.45, 7) is 5.73. The van der Waals surface area contributed by atoms with Crippen LogP contribution in [-0.4, -0.2) is 22.1 Å². The van der Waals surface area contributed by atoms with Gasteiger partial charge in [-0.1, -0.05) is 6.92 Å². The number of nitrogens with one attached hydrogen (secondary N) is 1. The number of aromatic nitrogens is 1. The number of carbonyl (C=O) groups is 1. The third kappa shape index (κ3) is 3.00. The van der Waals surface area contributed by atoms with Crippen molar-refractivity contribution in [2.45, 2.75) is 38.8 Å². The first kappa shape index (κ1) is 12.1. The Hall–Kier alpha value is -0.940. The van der Waals surface area contributed by atoms with Crippen LogP contribution in [0.3, 0.4) is 0 Å². The van der Waals surface area contributed by atoms with Crippen LogP contribution in [0.25, 0.3) is 0 Å². The lowest BCUT2D eigenvalue weighted by Crippen LogP contribution is -2.47. The summed E-state index contributed by atoms with van der Waals surface area (Å²) in [7, 11) is 0. The molecular weight excluding hydrogens is 212 g/mol. The fourth-order valence-electron chi connectivity index (χ4n) is 1.37. The number of hydrogen-bond donors (Lipinski definition) is 2. The largest absolute Gasteiger partial charge is 0.480 e. The average Bonchev–Trinajstić information content (AvgIpc) is 2.67. The summed E-state index contributed by atoms with van der Waals surface area (Å²) >= 11 is 1.53. The highest BCUT2D eigenvalue weighted by atomic mass is 32.1. The Balaban J connectivity index is 2.75. The molecule has 15 heavy (non-hydrogen) atoms. The third-order valence-electron chi connectivity index (χ3n) is 2.21. The van der Waals surface area contributed by atoms with Crippen LogP contribution in [0.4, 0.5) is 0 Å². The molecule has 0 radical (unpaired) electrons. The minimum atomic E-state index is -0.817. The smallest absolute Gasteiger partial charge is 0.320 e. The van der Waals surface area contributed by atoms with E-state index in [1.165, 1.54) is 11.3 Å². The van der Waals surface area contributed by atoms with Crippen LogP contribution in [-0.2, 0) is 10.3 Å². The van der Waals surface area contributed by atoms with Gasteiger partial charge in [0.2, 0.25) is 0 Å². The van der Waals surface area contributed by atoms with Crippen LogP contribution in [0.2, 0.25) is 0 Å². The molecule has 0 saturated carbocycles. The van der Waals surface area contributed by atoms with E-state index in [4.69, 9.17) is 5.11 Å². The van der Waals surface area contributed by atoms with Crippen molar-refractivity contribution in [2.75, 3.05) is 0 Å². The van der Waals surface area contributed by atoms with Crippen molar-refractivity contribution >= 4 is 17.3 Å². The molecule has 1 rings (SSSR count). The molecule has 1 heterocycles. The number of hydrogen-bond acceptors (Lipinski definition) is 4. The Kier molecular flexibility index (Phi) is 3.82. The summed E-state index contributed by atoms with van der Waals surface area (Å²) in [4.78, 5) is 15.1. The van der Waals surface area contributed by atoms with Crippen LogP contribution in [0.15, 0.2) is 11.6 Å². The average molecular weight is 228 g/mol. The van der Waals surface area contributed by atoms with E-state index in [1.54, 1.807) is 6.20 Å². The maximum atomic E-state index is 10.9. The van der Waals surface area contributed by atoms with Crippen LogP contribution in [0.1, 0.15) is 32.2 Å². The SMILES string of the molecule is CCC(NC(C)(C)c1nccs1)C(=O)O. The lowest BCUT2D eigenvalue weighted by atomic mass is 10.0. The number of rotatable bonds is 5. The van der Waals surface area contributed by atoms with E-state index in [2.05, 4.69) is 10.3 Å². The third-order valence-corrected chi connectivity index (χ3v) is 3.31. The molecular formula is C10H16N2O2S. The van der Waals surface area contributed by atoms with Gasteiger partial charge < -0.3 is 5.11 Å². The van der Waals surface area contributed by atoms with E-state index in [0.717, 1.165) is 5.01 Å². The molecule has 84 valence electrons. The van der Waals surface area contributed by atoms with Crippen LogP contribution in [0, 0.1) is 0 Å². The summed E-state index contributed by atoms with van der Waals surface area (Å²) < 4.78 is 0. The van der Waals surface area contributed by atoms with E-state index >= 15 is 0 Å². The van der Waals surface area contributed by atoms with E-state index in [9.17, 15) is 4.79 Å². The number of carboxylic acid groups (broad SMARTS) is 1. The zero-order chi connectivity index (χ0) is 11.5. The van der Waals surface area contributed by atoms with Gasteiger partial charge in [-0.15, -0.1) is 11.3 Å². The molecule has 0 amide bonds. The van der Waals surface area contributed by atoms with Crippen molar-refractivity contribution < 1.29 is 9.90 Å². The second-order valence-electron chi connectivity index (χ2n) is 3.91. The molecule has 0 spiro atoms. The van der Waals surface area contributed by atoms with Gasteiger partial charge in [0, 0.05) is 11.6 Å². The summed E-state index contributed by atoms with van der Waals surface area (Å²) in [6, 6.07) is -0.524. The topological polar surface area (TPSA) is 62.2 Å². The van der Waals surface area contributed by atoms with E-state index in [-0.39, 0.29) is 0 Å². The molecule has 5 heteroatoms. The van der Waals surface area contributed by atoms with E-state index < -0.39 is 17.6 Å². The lowest BCUT2D eigenvalue weighted by molar-refractivity contribution is -0.140. The molecule has 1 aromatic rings. The van der Waals surface area contributed by atoms with Gasteiger partial charge in [-0.05, 0) is 20.3 Å². The van der Waals surface area contributed by atoms with Gasteiger partial charge in [-0.2, -0.15) is 0 Å². The van der Waals surface area contributed by atoms with Crippen molar-refractivity contribution in [3.8, 4) is 0 Å². The lowest BCUT2D eigenvalue weighted by Gasteiger charge is -2.27. The fraction of sp³-hybridized carbons (Fsp3) is 0.600. The number of nitrogens with zero attached hydrogens (tertiary/aromatic N) is 1. The normalized spacial score (nSPS) is 13.8. The summed E-state index contributed by atoms with van der Waals surface area (Å²) in [5, 5.41) is 14.8. The Labute approximate surface area is 93.4 Å². The van der Waals surface area contributed by atoms with Gasteiger partial charge in [-0.25, -0.2) is 4.98 Å². The predicted octanol–water partition coefficient (Wildman–Crippen LogP) is 1.83. The van der Waals surface area contributed by atoms with Crippen LogP contribution >= 0.6 is 11.3 Å². The number of aliphatic carboxylic acids is 1. The highest BCUT2D eigenvalue weighted by Gasteiger charge is 2.28. The van der Waals surface area contributed by atoms with Crippen molar-refractivity contribution in [1.82, 2.24) is 10.3 Å². The first-order chi connectivity index (χ1) is 6.97. The Bertz CT molecular complexity index is 322. The molecule has 0 aromatic carbocycles. The minimum absolute atomic E-state index is 0.396. The molecule has 0 bridgehead atoms. The van der Waals surface area contributed by atoms with Gasteiger partial charge in [0.05, 0.1) is 5.54 Å². The van der Waals surface area contributed by atoms with Gasteiger partial charge >= 0.3 is 5.97 Å². The van der Waals surface area contributed by atoms with Gasteiger partial charge in [0.1, 0.15) is 11.0 Å². The summed E-state index contributed by atoms with van der Waals surface area (Å²) in [5.74, 6) is -0.817. The Morgan fingerprint density at radius 3 is 2.80 bits per heavy atom. The Morgan fingerprint density at radius 2 is 2.40 bits per heavy atom. The monoisotopic (exact) mass is 228 g/mol. The zero-order valence-corrected chi connectivity index (χ0v) is 9.97. The maximum absolute atomic E-state index is 10.9. The molecule has 0 aliphatic carbocycles. The minimum Gasteiger partial charge on any atom is -0.480 e. The van der Waals surface area contributed by atoms with Gasteiger partial charge in [0.15, 0.2) is 0 Å². The first-order valence-corrected chi connectivity index (χ1v) is 5.76. The highest BCUT2D eigenvalue weighted by Crippen LogP contribution is 2.22. The zero-order valence-electron chi connectivity index (χ0n) is 9.15. The molecule has 1 aromatic heterocycles. The number of carboxylic acids is 1. The molecule has 0 saturated heterocycles. The Morgan fingerprint density at radius 1 is 1.73 bits per heavy atom. The second-order valence-corrected chi connectivity index (χ2v) is 4.80. The molecule has 0 aliphatic heterocycles. The van der Waals surface area contributed by atoms with Gasteiger partial charge in [-0.3, -0.25) is 10.1 Å². The molecule has 1 atom stereocenters. The first-order valence-electron chi connectivity index (χ1n) is 4.88. The molecule has 2 N–H and O–H groups in total. The van der Waals surface area contributed by atoms with Crippen molar-refractivity contribution in [3.05, 3.63) is 16.6 Å².